The lowest BCUT2D eigenvalue weighted by Crippen LogP contribution is -2.05. The third-order valence-corrected chi connectivity index (χ3v) is 4.54. The third kappa shape index (κ3) is 3.46. The molecule has 2 aromatic rings. The number of halogens is 1. The number of rotatable bonds is 6. The van der Waals surface area contributed by atoms with Crippen LogP contribution in [0.2, 0.25) is 5.02 Å². The molecule has 0 aliphatic heterocycles. The molecule has 1 aliphatic carbocycles. The van der Waals surface area contributed by atoms with Crippen molar-refractivity contribution in [2.45, 2.75) is 31.8 Å². The highest BCUT2D eigenvalue weighted by molar-refractivity contribution is 7.67. The molecule has 0 bridgehead atoms. The number of hydrogen-bond acceptors (Lipinski definition) is 6. The molecule has 0 spiro atoms. The van der Waals surface area contributed by atoms with Gasteiger partial charge in [-0.3, -0.25) is 8.98 Å². The molecular formula is C15H14ClNO5S. The van der Waals surface area contributed by atoms with Gasteiger partial charge >= 0.3 is 0 Å². The van der Waals surface area contributed by atoms with E-state index in [1.165, 1.54) is 12.3 Å². The van der Waals surface area contributed by atoms with Crippen LogP contribution < -0.4 is 0 Å². The zero-order valence-electron chi connectivity index (χ0n) is 12.2. The van der Waals surface area contributed by atoms with E-state index in [0.29, 0.717) is 22.5 Å². The predicted molar refractivity (Wildman–Crippen MR) is 83.2 cm³/mol. The van der Waals surface area contributed by atoms with E-state index in [-0.39, 0.29) is 16.7 Å². The average molecular weight is 356 g/mol. The summed E-state index contributed by atoms with van der Waals surface area (Å²) in [5.41, 5.74) is 1.31. The van der Waals surface area contributed by atoms with E-state index in [0.717, 1.165) is 12.8 Å². The number of aromatic nitrogens is 1. The molecule has 0 radical (unpaired) electrons. The molecule has 1 saturated carbocycles. The van der Waals surface area contributed by atoms with E-state index in [1.54, 1.807) is 19.1 Å². The van der Waals surface area contributed by atoms with Crippen LogP contribution in [0.25, 0.3) is 0 Å². The van der Waals surface area contributed by atoms with Crippen LogP contribution in [0.1, 0.15) is 59.0 Å². The summed E-state index contributed by atoms with van der Waals surface area (Å²) in [6.07, 6.45) is 2.72. The summed E-state index contributed by atoms with van der Waals surface area (Å²) in [6.45, 7) is 1.59. The van der Waals surface area contributed by atoms with Crippen molar-refractivity contribution in [1.29, 1.82) is 0 Å². The first kappa shape index (κ1) is 16.2. The number of hydrogen-bond donors (Lipinski definition) is 1. The topological polar surface area (TPSA) is 86.5 Å². The fourth-order valence-electron chi connectivity index (χ4n) is 2.36. The molecule has 0 amide bonds. The number of carbonyl (C=O) groups is 1. The van der Waals surface area contributed by atoms with Gasteiger partial charge in [0.25, 0.3) is 11.0 Å². The van der Waals surface area contributed by atoms with Crippen molar-refractivity contribution in [2.75, 3.05) is 0 Å². The van der Waals surface area contributed by atoms with E-state index in [1.807, 2.05) is 0 Å². The molecule has 6 nitrogen and oxygen atoms in total. The average Bonchev–Trinajstić information content (AvgIpc) is 3.23. The van der Waals surface area contributed by atoms with Crippen LogP contribution in [0.4, 0.5) is 0 Å². The summed E-state index contributed by atoms with van der Waals surface area (Å²) in [5.74, 6) is 0.611. The molecule has 0 saturated heterocycles. The maximum Gasteiger partial charge on any atom is 0.257 e. The molecular weight excluding hydrogens is 342 g/mol. The monoisotopic (exact) mass is 355 g/mol. The largest absolute Gasteiger partial charge is 0.360 e. The van der Waals surface area contributed by atoms with Crippen molar-refractivity contribution >= 4 is 28.4 Å². The van der Waals surface area contributed by atoms with Gasteiger partial charge in [-0.05, 0) is 37.5 Å². The van der Waals surface area contributed by atoms with E-state index in [4.69, 9.17) is 20.3 Å². The van der Waals surface area contributed by atoms with Crippen LogP contribution in [0.15, 0.2) is 28.9 Å². The Labute approximate surface area is 139 Å². The van der Waals surface area contributed by atoms with Gasteiger partial charge in [-0.15, -0.1) is 0 Å². The molecule has 8 heteroatoms. The molecule has 1 aliphatic rings. The molecule has 23 heavy (non-hydrogen) atoms. The van der Waals surface area contributed by atoms with Gasteiger partial charge in [0.05, 0.1) is 22.9 Å². The molecule has 1 aromatic carbocycles. The van der Waals surface area contributed by atoms with Gasteiger partial charge in [-0.1, -0.05) is 22.8 Å². The standard InChI is InChI=1S/C15H14ClNO5S/c1-8(22-23(19)20)10-4-5-11(13(16)6-10)14(18)12-7-17-21-15(12)9-2-3-9/h4-9,23H,2-3H2,1H3. The van der Waals surface area contributed by atoms with Crippen LogP contribution in [0.5, 0.6) is 0 Å². The molecule has 3 rings (SSSR count). The smallest absolute Gasteiger partial charge is 0.257 e. The molecule has 1 heterocycles. The molecule has 1 aromatic heterocycles. The minimum atomic E-state index is -2.96. The SMILES string of the molecule is CC(O[SH](=O)=O)c1ccc(C(=O)c2cnoc2C2CC2)c(Cl)c1. The Kier molecular flexibility index (Phi) is 4.52. The Bertz CT molecular complexity index is 817. The van der Waals surface area contributed by atoms with Crippen molar-refractivity contribution in [3.8, 4) is 0 Å². The lowest BCUT2D eigenvalue weighted by atomic mass is 10.00. The van der Waals surface area contributed by atoms with Gasteiger partial charge in [-0.2, -0.15) is 0 Å². The van der Waals surface area contributed by atoms with Crippen molar-refractivity contribution in [3.63, 3.8) is 0 Å². The van der Waals surface area contributed by atoms with Crippen molar-refractivity contribution in [3.05, 3.63) is 51.9 Å². The summed E-state index contributed by atoms with van der Waals surface area (Å²) >= 11 is 6.19. The summed E-state index contributed by atoms with van der Waals surface area (Å²) in [6, 6.07) is 4.71. The molecule has 1 atom stereocenters. The maximum atomic E-state index is 12.6. The Morgan fingerprint density at radius 2 is 2.13 bits per heavy atom. The van der Waals surface area contributed by atoms with Crippen LogP contribution >= 0.6 is 11.6 Å². The van der Waals surface area contributed by atoms with Crippen LogP contribution in [0, 0.1) is 0 Å². The maximum absolute atomic E-state index is 12.6. The normalized spacial score (nSPS) is 15.8. The van der Waals surface area contributed by atoms with Gasteiger partial charge in [0, 0.05) is 11.5 Å². The molecule has 122 valence electrons. The molecule has 1 fully saturated rings. The Morgan fingerprint density at radius 3 is 2.74 bits per heavy atom. The summed E-state index contributed by atoms with van der Waals surface area (Å²) in [5, 5.41) is 3.94. The Balaban J connectivity index is 1.88. The number of ketones is 1. The van der Waals surface area contributed by atoms with Crippen molar-refractivity contribution in [1.82, 2.24) is 5.16 Å². The Morgan fingerprint density at radius 1 is 1.39 bits per heavy atom. The van der Waals surface area contributed by atoms with Gasteiger partial charge in [0.15, 0.2) is 11.5 Å². The fraction of sp³-hybridized carbons (Fsp3) is 0.333. The number of benzene rings is 1. The van der Waals surface area contributed by atoms with Crippen LogP contribution in [-0.2, 0) is 15.2 Å². The second-order valence-electron chi connectivity index (χ2n) is 5.42. The lowest BCUT2D eigenvalue weighted by Gasteiger charge is -2.10. The second kappa shape index (κ2) is 6.43. The number of carbonyl (C=O) groups excluding carboxylic acids is 1. The molecule has 1 unspecified atom stereocenters. The first-order valence-electron chi connectivity index (χ1n) is 7.07. The molecule has 0 N–H and O–H groups in total. The highest BCUT2D eigenvalue weighted by atomic mass is 35.5. The fourth-order valence-corrected chi connectivity index (χ4v) is 3.02. The van der Waals surface area contributed by atoms with Gasteiger partial charge in [0.2, 0.25) is 0 Å². The van der Waals surface area contributed by atoms with E-state index in [2.05, 4.69) is 5.16 Å². The zero-order chi connectivity index (χ0) is 16.6. The van der Waals surface area contributed by atoms with Crippen molar-refractivity contribution < 1.29 is 21.9 Å². The van der Waals surface area contributed by atoms with Gasteiger partial charge in [0.1, 0.15) is 0 Å². The number of thiol groups is 1. The summed E-state index contributed by atoms with van der Waals surface area (Å²) < 4.78 is 31.1. The van der Waals surface area contributed by atoms with E-state index in [9.17, 15) is 13.2 Å². The third-order valence-electron chi connectivity index (χ3n) is 3.74. The van der Waals surface area contributed by atoms with E-state index < -0.39 is 17.1 Å². The van der Waals surface area contributed by atoms with Gasteiger partial charge in [-0.25, -0.2) is 8.42 Å². The first-order chi connectivity index (χ1) is 11.0. The van der Waals surface area contributed by atoms with E-state index >= 15 is 0 Å². The first-order valence-corrected chi connectivity index (χ1v) is 8.54. The van der Waals surface area contributed by atoms with Crippen molar-refractivity contribution in [2.24, 2.45) is 0 Å². The number of nitrogens with zero attached hydrogens (tertiary/aromatic N) is 1. The highest BCUT2D eigenvalue weighted by Crippen LogP contribution is 2.42. The minimum Gasteiger partial charge on any atom is -0.360 e. The van der Waals surface area contributed by atoms with Gasteiger partial charge < -0.3 is 4.52 Å². The summed E-state index contributed by atoms with van der Waals surface area (Å²) in [7, 11) is -2.96. The highest BCUT2D eigenvalue weighted by Gasteiger charge is 2.33. The Hall–Kier alpha value is -1.70. The predicted octanol–water partition coefficient (Wildman–Crippen LogP) is 3.04. The minimum absolute atomic E-state index is 0.229. The second-order valence-corrected chi connectivity index (χ2v) is 6.48. The zero-order valence-corrected chi connectivity index (χ0v) is 13.8. The van der Waals surface area contributed by atoms with Crippen LogP contribution in [0.3, 0.4) is 0 Å². The van der Waals surface area contributed by atoms with Crippen LogP contribution in [-0.4, -0.2) is 19.4 Å². The quantitative estimate of drug-likeness (QED) is 0.633. The lowest BCUT2D eigenvalue weighted by molar-refractivity contribution is 0.103. The summed E-state index contributed by atoms with van der Waals surface area (Å²) in [4.78, 5) is 12.6.